The Kier molecular flexibility index (Phi) is 4.98. The van der Waals surface area contributed by atoms with E-state index >= 15 is 0 Å². The Labute approximate surface area is 144 Å². The van der Waals surface area contributed by atoms with E-state index in [1.54, 1.807) is 18.5 Å². The van der Waals surface area contributed by atoms with E-state index < -0.39 is 15.8 Å². The van der Waals surface area contributed by atoms with Gasteiger partial charge in [0.25, 0.3) is 0 Å². The van der Waals surface area contributed by atoms with Gasteiger partial charge in [-0.2, -0.15) is 4.31 Å². The van der Waals surface area contributed by atoms with Crippen molar-refractivity contribution < 1.29 is 17.5 Å². The van der Waals surface area contributed by atoms with Crippen LogP contribution in [0.5, 0.6) is 6.01 Å². The summed E-state index contributed by atoms with van der Waals surface area (Å²) in [7, 11) is -3.70. The summed E-state index contributed by atoms with van der Waals surface area (Å²) in [6.45, 7) is 0.601. The topological polar surface area (TPSA) is 72.4 Å². The van der Waals surface area contributed by atoms with Crippen molar-refractivity contribution in [2.24, 2.45) is 0 Å². The van der Waals surface area contributed by atoms with Crippen molar-refractivity contribution in [3.05, 3.63) is 47.5 Å². The fourth-order valence-corrected chi connectivity index (χ4v) is 4.21. The first kappa shape index (κ1) is 17.1. The first-order valence-corrected chi connectivity index (χ1v) is 9.17. The maximum atomic E-state index is 13.2. The molecule has 0 atom stereocenters. The summed E-state index contributed by atoms with van der Waals surface area (Å²) in [6, 6.07) is 5.38. The zero-order valence-corrected chi connectivity index (χ0v) is 14.2. The lowest BCUT2D eigenvalue weighted by Gasteiger charge is -2.30. The van der Waals surface area contributed by atoms with Crippen LogP contribution >= 0.6 is 11.6 Å². The minimum absolute atomic E-state index is 0.0142. The first-order valence-electron chi connectivity index (χ1n) is 7.36. The monoisotopic (exact) mass is 371 g/mol. The van der Waals surface area contributed by atoms with Crippen LogP contribution in [-0.2, 0) is 10.0 Å². The quantitative estimate of drug-likeness (QED) is 0.825. The molecule has 0 saturated carbocycles. The van der Waals surface area contributed by atoms with Gasteiger partial charge in [0.2, 0.25) is 10.0 Å². The fraction of sp³-hybridized carbons (Fsp3) is 0.333. The lowest BCUT2D eigenvalue weighted by molar-refractivity contribution is 0.124. The predicted molar refractivity (Wildman–Crippen MR) is 85.9 cm³/mol. The molecule has 2 heterocycles. The average molecular weight is 372 g/mol. The van der Waals surface area contributed by atoms with Gasteiger partial charge in [-0.3, -0.25) is 0 Å². The highest BCUT2D eigenvalue weighted by Crippen LogP contribution is 2.25. The van der Waals surface area contributed by atoms with Crippen LogP contribution in [0.15, 0.2) is 41.6 Å². The summed E-state index contributed by atoms with van der Waals surface area (Å²) in [5.41, 5.74) is 0. The summed E-state index contributed by atoms with van der Waals surface area (Å²) in [6.07, 6.45) is 4.06. The van der Waals surface area contributed by atoms with E-state index in [4.69, 9.17) is 16.3 Å². The molecule has 1 aromatic carbocycles. The van der Waals surface area contributed by atoms with Gasteiger partial charge in [0.15, 0.2) is 0 Å². The van der Waals surface area contributed by atoms with Gasteiger partial charge in [0.1, 0.15) is 11.9 Å². The average Bonchev–Trinajstić information content (AvgIpc) is 2.58. The molecule has 1 aliphatic rings. The van der Waals surface area contributed by atoms with E-state index in [9.17, 15) is 12.8 Å². The van der Waals surface area contributed by atoms with E-state index in [0.717, 1.165) is 12.1 Å². The minimum Gasteiger partial charge on any atom is -0.460 e. The van der Waals surface area contributed by atoms with Crippen LogP contribution in [0, 0.1) is 5.82 Å². The normalized spacial score (nSPS) is 16.9. The smallest absolute Gasteiger partial charge is 0.316 e. The lowest BCUT2D eigenvalue weighted by atomic mass is 10.1. The number of ether oxygens (including phenoxy) is 1. The second kappa shape index (κ2) is 7.00. The Balaban J connectivity index is 1.66. The van der Waals surface area contributed by atoms with E-state index in [0.29, 0.717) is 25.9 Å². The van der Waals surface area contributed by atoms with Crippen molar-refractivity contribution in [3.63, 3.8) is 0 Å². The molecular weight excluding hydrogens is 357 g/mol. The van der Waals surface area contributed by atoms with Crippen molar-refractivity contribution in [3.8, 4) is 6.01 Å². The van der Waals surface area contributed by atoms with Crippen LogP contribution in [0.4, 0.5) is 4.39 Å². The molecular formula is C15H15ClFN3O3S. The van der Waals surface area contributed by atoms with E-state index in [1.807, 2.05) is 0 Å². The molecule has 0 amide bonds. The lowest BCUT2D eigenvalue weighted by Crippen LogP contribution is -2.41. The van der Waals surface area contributed by atoms with Gasteiger partial charge < -0.3 is 4.74 Å². The van der Waals surface area contributed by atoms with Gasteiger partial charge in [0.05, 0.1) is 9.92 Å². The molecule has 6 nitrogen and oxygen atoms in total. The number of hydrogen-bond acceptors (Lipinski definition) is 5. The van der Waals surface area contributed by atoms with Gasteiger partial charge in [-0.15, -0.1) is 0 Å². The van der Waals surface area contributed by atoms with Crippen LogP contribution in [0.3, 0.4) is 0 Å². The Bertz CT molecular complexity index is 812. The Morgan fingerprint density at radius 1 is 1.21 bits per heavy atom. The highest BCUT2D eigenvalue weighted by atomic mass is 35.5. The van der Waals surface area contributed by atoms with Crippen LogP contribution < -0.4 is 4.74 Å². The highest BCUT2D eigenvalue weighted by molar-refractivity contribution is 7.89. The number of rotatable bonds is 4. The summed E-state index contributed by atoms with van der Waals surface area (Å²) in [4.78, 5) is 7.97. The third-order valence-electron chi connectivity index (χ3n) is 3.74. The molecule has 1 saturated heterocycles. The molecule has 0 spiro atoms. The standard InChI is InChI=1S/C15H15ClFN3O3S/c16-13-10-12(2-3-14(13)17)24(21,22)20-8-4-11(5-9-20)23-15-18-6-1-7-19-15/h1-3,6-7,10-11H,4-5,8-9H2. The highest BCUT2D eigenvalue weighted by Gasteiger charge is 2.30. The molecule has 1 fully saturated rings. The zero-order chi connectivity index (χ0) is 17.2. The number of sulfonamides is 1. The molecule has 1 aliphatic heterocycles. The number of benzene rings is 1. The maximum Gasteiger partial charge on any atom is 0.316 e. The Morgan fingerprint density at radius 3 is 2.50 bits per heavy atom. The molecule has 24 heavy (non-hydrogen) atoms. The summed E-state index contributed by atoms with van der Waals surface area (Å²) >= 11 is 5.68. The molecule has 0 aliphatic carbocycles. The molecule has 3 rings (SSSR count). The SMILES string of the molecule is O=S(=O)(c1ccc(F)c(Cl)c1)N1CCC(Oc2ncccn2)CC1. The maximum absolute atomic E-state index is 13.2. The Hall–Kier alpha value is -1.77. The van der Waals surface area contributed by atoms with Crippen molar-refractivity contribution in [1.29, 1.82) is 0 Å². The van der Waals surface area contributed by atoms with Gasteiger partial charge in [-0.05, 0) is 37.1 Å². The zero-order valence-electron chi connectivity index (χ0n) is 12.6. The van der Waals surface area contributed by atoms with Crippen molar-refractivity contribution >= 4 is 21.6 Å². The molecule has 2 aromatic rings. The molecule has 0 unspecified atom stereocenters. The van der Waals surface area contributed by atoms with Gasteiger partial charge in [-0.1, -0.05) is 11.6 Å². The van der Waals surface area contributed by atoms with Crippen molar-refractivity contribution in [1.82, 2.24) is 14.3 Å². The van der Waals surface area contributed by atoms with Crippen LogP contribution in [0.1, 0.15) is 12.8 Å². The minimum atomic E-state index is -3.70. The first-order chi connectivity index (χ1) is 11.5. The van der Waals surface area contributed by atoms with Gasteiger partial charge in [0, 0.05) is 25.5 Å². The van der Waals surface area contributed by atoms with E-state index in [2.05, 4.69) is 9.97 Å². The third-order valence-corrected chi connectivity index (χ3v) is 5.93. The van der Waals surface area contributed by atoms with Crippen LogP contribution in [0.25, 0.3) is 0 Å². The number of aromatic nitrogens is 2. The van der Waals surface area contributed by atoms with E-state index in [1.165, 1.54) is 10.4 Å². The second-order valence-corrected chi connectivity index (χ2v) is 7.67. The van der Waals surface area contributed by atoms with E-state index in [-0.39, 0.29) is 22.0 Å². The van der Waals surface area contributed by atoms with Crippen LogP contribution in [0.2, 0.25) is 5.02 Å². The number of hydrogen-bond donors (Lipinski definition) is 0. The molecule has 0 radical (unpaired) electrons. The predicted octanol–water partition coefficient (Wildman–Crippen LogP) is 2.50. The summed E-state index contributed by atoms with van der Waals surface area (Å²) < 4.78 is 45.4. The molecule has 1 aromatic heterocycles. The van der Waals surface area contributed by atoms with Crippen LogP contribution in [-0.4, -0.2) is 41.9 Å². The summed E-state index contributed by atoms with van der Waals surface area (Å²) in [5, 5.41) is -0.212. The Morgan fingerprint density at radius 2 is 1.88 bits per heavy atom. The molecule has 128 valence electrons. The molecule has 0 N–H and O–H groups in total. The number of halogens is 2. The number of nitrogens with zero attached hydrogens (tertiary/aromatic N) is 3. The van der Waals surface area contributed by atoms with Gasteiger partial charge in [-0.25, -0.2) is 22.8 Å². The largest absolute Gasteiger partial charge is 0.460 e. The molecule has 0 bridgehead atoms. The summed E-state index contributed by atoms with van der Waals surface area (Å²) in [5.74, 6) is -0.648. The van der Waals surface area contributed by atoms with Crippen molar-refractivity contribution in [2.75, 3.05) is 13.1 Å². The molecule has 9 heteroatoms. The third kappa shape index (κ3) is 3.66. The second-order valence-electron chi connectivity index (χ2n) is 5.33. The van der Waals surface area contributed by atoms with Crippen molar-refractivity contribution in [2.45, 2.75) is 23.8 Å². The van der Waals surface area contributed by atoms with Gasteiger partial charge >= 0.3 is 6.01 Å². The fourth-order valence-electron chi connectivity index (χ4n) is 2.47. The number of piperidine rings is 1.